The number of hydrazone groups is 1. The van der Waals surface area contributed by atoms with Crippen LogP contribution in [-0.2, 0) is 9.59 Å². The summed E-state index contributed by atoms with van der Waals surface area (Å²) in [5, 5.41) is 6.49. The molecule has 1 fully saturated rings. The highest BCUT2D eigenvalue weighted by Gasteiger charge is 2.14. The molecule has 5 nitrogen and oxygen atoms in total. The fourth-order valence-corrected chi connectivity index (χ4v) is 2.77. The molecule has 1 aromatic carbocycles. The molecule has 22 heavy (non-hydrogen) atoms. The van der Waals surface area contributed by atoms with Crippen molar-refractivity contribution < 1.29 is 9.59 Å². The van der Waals surface area contributed by atoms with Crippen molar-refractivity contribution in [2.24, 2.45) is 11.0 Å². The van der Waals surface area contributed by atoms with Gasteiger partial charge in [0.1, 0.15) is 0 Å². The monoisotopic (exact) mass is 301 g/mol. The van der Waals surface area contributed by atoms with Gasteiger partial charge in [-0.3, -0.25) is 9.59 Å². The lowest BCUT2D eigenvalue weighted by molar-refractivity contribution is -0.136. The van der Waals surface area contributed by atoms with Crippen LogP contribution in [0.5, 0.6) is 0 Å². The van der Waals surface area contributed by atoms with Crippen LogP contribution >= 0.6 is 0 Å². The summed E-state index contributed by atoms with van der Waals surface area (Å²) >= 11 is 0. The maximum absolute atomic E-state index is 11.8. The van der Waals surface area contributed by atoms with E-state index in [1.165, 1.54) is 19.3 Å². The van der Waals surface area contributed by atoms with Gasteiger partial charge >= 0.3 is 11.8 Å². The Morgan fingerprint density at radius 3 is 2.32 bits per heavy atom. The Bertz CT molecular complexity index is 555. The minimum atomic E-state index is -0.744. The van der Waals surface area contributed by atoms with Crippen molar-refractivity contribution in [1.29, 1.82) is 0 Å². The number of nitrogens with one attached hydrogen (secondary N) is 2. The first kappa shape index (κ1) is 16.2. The molecule has 1 aliphatic rings. The van der Waals surface area contributed by atoms with Gasteiger partial charge in [-0.25, -0.2) is 5.43 Å². The number of anilines is 1. The van der Waals surface area contributed by atoms with Crippen LogP contribution in [0.15, 0.2) is 23.3 Å². The molecule has 1 saturated carbocycles. The lowest BCUT2D eigenvalue weighted by atomic mass is 9.90. The van der Waals surface area contributed by atoms with Crippen LogP contribution in [0, 0.1) is 19.8 Å². The number of carbonyl (C=O) groups is 2. The van der Waals surface area contributed by atoms with Crippen LogP contribution < -0.4 is 10.7 Å². The molecule has 0 bridgehead atoms. The lowest BCUT2D eigenvalue weighted by Gasteiger charge is -2.16. The van der Waals surface area contributed by atoms with Gasteiger partial charge in [0, 0.05) is 11.9 Å². The van der Waals surface area contributed by atoms with Gasteiger partial charge in [-0.1, -0.05) is 25.3 Å². The van der Waals surface area contributed by atoms with Crippen molar-refractivity contribution in [3.05, 3.63) is 29.3 Å². The zero-order chi connectivity index (χ0) is 15.9. The largest absolute Gasteiger partial charge is 0.329 e. The first-order chi connectivity index (χ1) is 10.5. The molecule has 0 spiro atoms. The van der Waals surface area contributed by atoms with Crippen molar-refractivity contribution >= 4 is 23.7 Å². The summed E-state index contributed by atoms with van der Waals surface area (Å²) in [7, 11) is 0. The number of carbonyl (C=O) groups excluding carboxylic acids is 2. The van der Waals surface area contributed by atoms with E-state index in [1.54, 1.807) is 6.21 Å². The van der Waals surface area contributed by atoms with E-state index in [-0.39, 0.29) is 0 Å². The van der Waals surface area contributed by atoms with Crippen molar-refractivity contribution in [3.8, 4) is 0 Å². The summed E-state index contributed by atoms with van der Waals surface area (Å²) in [4.78, 5) is 23.5. The van der Waals surface area contributed by atoms with E-state index < -0.39 is 11.8 Å². The molecule has 2 amide bonds. The second kappa shape index (κ2) is 7.73. The van der Waals surface area contributed by atoms with Crippen LogP contribution in [-0.4, -0.2) is 18.0 Å². The van der Waals surface area contributed by atoms with Crippen molar-refractivity contribution in [1.82, 2.24) is 5.43 Å². The van der Waals surface area contributed by atoms with Gasteiger partial charge in [-0.15, -0.1) is 0 Å². The highest BCUT2D eigenvalue weighted by Crippen LogP contribution is 2.21. The highest BCUT2D eigenvalue weighted by atomic mass is 16.2. The Hall–Kier alpha value is -2.17. The molecule has 0 heterocycles. The summed E-state index contributed by atoms with van der Waals surface area (Å²) in [5.41, 5.74) is 4.98. The van der Waals surface area contributed by atoms with Gasteiger partial charge in [-0.2, -0.15) is 5.10 Å². The number of hydrogen-bond donors (Lipinski definition) is 2. The SMILES string of the molecule is Cc1cc(C)cc(NC(=O)C(=O)N/N=C/C2CCCCC2)c1. The number of nitrogens with zero attached hydrogens (tertiary/aromatic N) is 1. The van der Waals surface area contributed by atoms with E-state index in [0.717, 1.165) is 24.0 Å². The van der Waals surface area contributed by atoms with Gasteiger partial charge in [0.15, 0.2) is 0 Å². The van der Waals surface area contributed by atoms with E-state index >= 15 is 0 Å². The minimum Gasteiger partial charge on any atom is -0.318 e. The molecule has 0 atom stereocenters. The molecule has 118 valence electrons. The van der Waals surface area contributed by atoms with E-state index in [2.05, 4.69) is 15.8 Å². The average Bonchev–Trinajstić information content (AvgIpc) is 2.47. The van der Waals surface area contributed by atoms with Gasteiger partial charge < -0.3 is 5.32 Å². The van der Waals surface area contributed by atoms with Gasteiger partial charge in [0.2, 0.25) is 0 Å². The molecule has 0 radical (unpaired) electrons. The van der Waals surface area contributed by atoms with Crippen molar-refractivity contribution in [2.75, 3.05) is 5.32 Å². The predicted molar refractivity (Wildman–Crippen MR) is 87.8 cm³/mol. The van der Waals surface area contributed by atoms with E-state index in [1.807, 2.05) is 32.0 Å². The predicted octanol–water partition coefficient (Wildman–Crippen LogP) is 2.92. The van der Waals surface area contributed by atoms with Crippen LogP contribution in [0.4, 0.5) is 5.69 Å². The van der Waals surface area contributed by atoms with E-state index in [4.69, 9.17) is 0 Å². The molecule has 1 aromatic rings. The summed E-state index contributed by atoms with van der Waals surface area (Å²) in [5.74, 6) is -1.03. The fourth-order valence-electron chi connectivity index (χ4n) is 2.77. The topological polar surface area (TPSA) is 70.6 Å². The number of aryl methyl sites for hydroxylation is 2. The lowest BCUT2D eigenvalue weighted by Crippen LogP contribution is -2.32. The third kappa shape index (κ3) is 4.98. The molecule has 2 N–H and O–H groups in total. The second-order valence-corrected chi connectivity index (χ2v) is 5.95. The smallest absolute Gasteiger partial charge is 0.318 e. The van der Waals surface area contributed by atoms with Gasteiger partial charge in [-0.05, 0) is 55.9 Å². The molecule has 0 aliphatic heterocycles. The molecule has 1 aliphatic carbocycles. The minimum absolute atomic E-state index is 0.413. The maximum atomic E-state index is 11.8. The number of benzene rings is 1. The number of amides is 2. The summed E-state index contributed by atoms with van der Waals surface area (Å²) < 4.78 is 0. The quantitative estimate of drug-likeness (QED) is 0.512. The van der Waals surface area contributed by atoms with Gasteiger partial charge in [0.25, 0.3) is 0 Å². The zero-order valence-corrected chi connectivity index (χ0v) is 13.2. The van der Waals surface area contributed by atoms with E-state index in [0.29, 0.717) is 11.6 Å². The van der Waals surface area contributed by atoms with Crippen LogP contribution in [0.2, 0.25) is 0 Å². The molecule has 0 unspecified atom stereocenters. The van der Waals surface area contributed by atoms with Crippen LogP contribution in [0.1, 0.15) is 43.2 Å². The molecular formula is C17H23N3O2. The first-order valence-electron chi connectivity index (χ1n) is 7.77. The highest BCUT2D eigenvalue weighted by molar-refractivity contribution is 6.39. The Balaban J connectivity index is 1.83. The standard InChI is InChI=1S/C17H23N3O2/c1-12-8-13(2)10-15(9-12)19-16(21)17(22)20-18-11-14-6-4-3-5-7-14/h8-11,14H,3-7H2,1-2H3,(H,19,21)(H,20,22)/b18-11+. The Labute approximate surface area is 131 Å². The third-order valence-electron chi connectivity index (χ3n) is 3.79. The molecule has 5 heteroatoms. The first-order valence-corrected chi connectivity index (χ1v) is 7.77. The zero-order valence-electron chi connectivity index (χ0n) is 13.2. The molecule has 2 rings (SSSR count). The summed E-state index contributed by atoms with van der Waals surface area (Å²) in [6, 6.07) is 5.65. The Morgan fingerprint density at radius 2 is 1.68 bits per heavy atom. The number of hydrogen-bond acceptors (Lipinski definition) is 3. The van der Waals surface area contributed by atoms with Crippen molar-refractivity contribution in [3.63, 3.8) is 0 Å². The third-order valence-corrected chi connectivity index (χ3v) is 3.79. The Kier molecular flexibility index (Phi) is 5.69. The Morgan fingerprint density at radius 1 is 1.05 bits per heavy atom. The van der Waals surface area contributed by atoms with Crippen LogP contribution in [0.25, 0.3) is 0 Å². The van der Waals surface area contributed by atoms with Gasteiger partial charge in [0.05, 0.1) is 0 Å². The molecular weight excluding hydrogens is 278 g/mol. The molecule has 0 saturated heterocycles. The fraction of sp³-hybridized carbons (Fsp3) is 0.471. The summed E-state index contributed by atoms with van der Waals surface area (Å²) in [6.45, 7) is 3.88. The van der Waals surface area contributed by atoms with Crippen LogP contribution in [0.3, 0.4) is 0 Å². The average molecular weight is 301 g/mol. The second-order valence-electron chi connectivity index (χ2n) is 5.95. The summed E-state index contributed by atoms with van der Waals surface area (Å²) in [6.07, 6.45) is 7.65. The number of rotatable bonds is 3. The van der Waals surface area contributed by atoms with Crippen molar-refractivity contribution in [2.45, 2.75) is 46.0 Å². The molecule has 0 aromatic heterocycles. The van der Waals surface area contributed by atoms with E-state index in [9.17, 15) is 9.59 Å². The normalized spacial score (nSPS) is 15.7. The maximum Gasteiger partial charge on any atom is 0.329 e.